The molecule has 0 radical (unpaired) electrons. The molecule has 3 heteroatoms. The van der Waals surface area contributed by atoms with Crippen LogP contribution in [0.4, 0.5) is 0 Å². The molecule has 1 saturated carbocycles. The third-order valence-corrected chi connectivity index (χ3v) is 3.17. The van der Waals surface area contributed by atoms with Crippen LogP contribution in [-0.2, 0) is 9.59 Å². The zero-order valence-corrected chi connectivity index (χ0v) is 8.77. The van der Waals surface area contributed by atoms with Crippen LogP contribution < -0.4 is 0 Å². The van der Waals surface area contributed by atoms with Crippen LogP contribution in [0.25, 0.3) is 0 Å². The lowest BCUT2D eigenvalue weighted by molar-refractivity contribution is -0.120. The molecule has 80 valence electrons. The van der Waals surface area contributed by atoms with E-state index in [1.807, 2.05) is 12.2 Å². The SMILES string of the molecule is O=C1C=CC=C2C=C3CCCC(=O)C3N=C12. The molecule has 2 aliphatic carbocycles. The molecule has 1 heterocycles. The van der Waals surface area contributed by atoms with Gasteiger partial charge in [0.25, 0.3) is 0 Å². The molecule has 0 amide bonds. The molecule has 1 atom stereocenters. The second kappa shape index (κ2) is 3.37. The first-order valence-corrected chi connectivity index (χ1v) is 5.50. The van der Waals surface area contributed by atoms with Crippen LogP contribution >= 0.6 is 0 Å². The van der Waals surface area contributed by atoms with Gasteiger partial charge in [0.05, 0.1) is 0 Å². The van der Waals surface area contributed by atoms with Crippen molar-refractivity contribution in [1.29, 1.82) is 0 Å². The van der Waals surface area contributed by atoms with E-state index in [0.29, 0.717) is 12.1 Å². The molecule has 0 aromatic rings. The van der Waals surface area contributed by atoms with Gasteiger partial charge in [-0.15, -0.1) is 0 Å². The lowest BCUT2D eigenvalue weighted by Crippen LogP contribution is -2.32. The average molecular weight is 213 g/mol. The van der Waals surface area contributed by atoms with Gasteiger partial charge in [0.15, 0.2) is 5.78 Å². The van der Waals surface area contributed by atoms with Gasteiger partial charge in [-0.25, -0.2) is 0 Å². The van der Waals surface area contributed by atoms with Crippen molar-refractivity contribution in [3.63, 3.8) is 0 Å². The van der Waals surface area contributed by atoms with Crippen molar-refractivity contribution in [2.75, 3.05) is 0 Å². The van der Waals surface area contributed by atoms with Crippen LogP contribution in [-0.4, -0.2) is 23.3 Å². The molecule has 0 spiro atoms. The number of carbonyl (C=O) groups is 2. The topological polar surface area (TPSA) is 46.5 Å². The van der Waals surface area contributed by atoms with Gasteiger partial charge in [-0.2, -0.15) is 0 Å². The molecule has 0 aromatic heterocycles. The Morgan fingerprint density at radius 2 is 2.12 bits per heavy atom. The lowest BCUT2D eigenvalue weighted by Gasteiger charge is -2.26. The van der Waals surface area contributed by atoms with Crippen LogP contribution in [0.1, 0.15) is 19.3 Å². The second-order valence-corrected chi connectivity index (χ2v) is 4.26. The Hall–Kier alpha value is -1.77. The van der Waals surface area contributed by atoms with E-state index in [1.165, 1.54) is 6.08 Å². The van der Waals surface area contributed by atoms with Crippen LogP contribution in [0, 0.1) is 0 Å². The molecule has 3 aliphatic rings. The summed E-state index contributed by atoms with van der Waals surface area (Å²) in [5.74, 6) is 0.0533. The third-order valence-electron chi connectivity index (χ3n) is 3.17. The summed E-state index contributed by atoms with van der Waals surface area (Å²) < 4.78 is 0. The maximum Gasteiger partial charge on any atom is 0.204 e. The number of carbonyl (C=O) groups excluding carboxylic acids is 2. The standard InChI is InChI=1S/C13H11NO2/c15-10-5-1-3-8-7-9-4-2-6-11(16)13(9)14-12(8)10/h1,3,5,7,13H,2,4,6H2. The Bertz CT molecular complexity index is 506. The molecular formula is C13H11NO2. The molecule has 3 nitrogen and oxygen atoms in total. The number of allylic oxidation sites excluding steroid dienone is 5. The predicted octanol–water partition coefficient (Wildman–Crippen LogP) is 1.55. The minimum atomic E-state index is -0.378. The van der Waals surface area contributed by atoms with Gasteiger partial charge in [-0.3, -0.25) is 14.6 Å². The quantitative estimate of drug-likeness (QED) is 0.573. The van der Waals surface area contributed by atoms with E-state index < -0.39 is 0 Å². The number of ketones is 2. The molecule has 0 bridgehead atoms. The number of rotatable bonds is 0. The number of dihydropyridines is 1. The largest absolute Gasteiger partial charge is 0.297 e. The summed E-state index contributed by atoms with van der Waals surface area (Å²) in [4.78, 5) is 27.6. The highest BCUT2D eigenvalue weighted by Crippen LogP contribution is 2.30. The molecule has 1 fully saturated rings. The van der Waals surface area contributed by atoms with E-state index in [2.05, 4.69) is 4.99 Å². The summed E-state index contributed by atoms with van der Waals surface area (Å²) in [6.45, 7) is 0. The number of nitrogens with zero attached hydrogens (tertiary/aromatic N) is 1. The molecule has 0 saturated heterocycles. The minimum Gasteiger partial charge on any atom is -0.297 e. The predicted molar refractivity (Wildman–Crippen MR) is 60.4 cm³/mol. The molecule has 0 N–H and O–H groups in total. The van der Waals surface area contributed by atoms with Gasteiger partial charge < -0.3 is 0 Å². The van der Waals surface area contributed by atoms with Crippen molar-refractivity contribution in [2.45, 2.75) is 25.3 Å². The monoisotopic (exact) mass is 213 g/mol. The Morgan fingerprint density at radius 3 is 3.00 bits per heavy atom. The summed E-state index contributed by atoms with van der Waals surface area (Å²) in [6.07, 6.45) is 9.48. The van der Waals surface area contributed by atoms with E-state index in [4.69, 9.17) is 0 Å². The van der Waals surface area contributed by atoms with Crippen LogP contribution in [0.3, 0.4) is 0 Å². The highest BCUT2D eigenvalue weighted by Gasteiger charge is 2.32. The van der Waals surface area contributed by atoms with Crippen molar-refractivity contribution in [3.05, 3.63) is 35.5 Å². The van der Waals surface area contributed by atoms with Crippen molar-refractivity contribution in [1.82, 2.24) is 0 Å². The van der Waals surface area contributed by atoms with Gasteiger partial charge in [0, 0.05) is 12.0 Å². The molecule has 16 heavy (non-hydrogen) atoms. The summed E-state index contributed by atoms with van der Waals surface area (Å²) in [5, 5.41) is 0. The zero-order valence-electron chi connectivity index (χ0n) is 8.77. The number of aliphatic imine (C=N–C) groups is 1. The van der Waals surface area contributed by atoms with Gasteiger partial charge in [-0.05, 0) is 24.5 Å². The van der Waals surface area contributed by atoms with Crippen molar-refractivity contribution < 1.29 is 9.59 Å². The number of hydrogen-bond donors (Lipinski definition) is 0. The van der Waals surface area contributed by atoms with Gasteiger partial charge in [0.2, 0.25) is 5.78 Å². The maximum absolute atomic E-state index is 11.7. The minimum absolute atomic E-state index is 0.0915. The summed E-state index contributed by atoms with van der Waals surface area (Å²) >= 11 is 0. The molecule has 1 aliphatic heterocycles. The van der Waals surface area contributed by atoms with E-state index in [9.17, 15) is 9.59 Å². The number of hydrogen-bond acceptors (Lipinski definition) is 3. The molecule has 0 aromatic carbocycles. The lowest BCUT2D eigenvalue weighted by atomic mass is 9.83. The normalized spacial score (nSPS) is 27.8. The summed E-state index contributed by atoms with van der Waals surface area (Å²) in [6, 6.07) is -0.378. The molecule has 1 unspecified atom stereocenters. The number of Topliss-reactive ketones (excluding diaryl/α,β-unsaturated/α-hetero) is 1. The van der Waals surface area contributed by atoms with E-state index >= 15 is 0 Å². The van der Waals surface area contributed by atoms with Gasteiger partial charge >= 0.3 is 0 Å². The first-order chi connectivity index (χ1) is 7.75. The van der Waals surface area contributed by atoms with E-state index in [0.717, 1.165) is 24.0 Å². The Balaban J connectivity index is 2.08. The van der Waals surface area contributed by atoms with E-state index in [1.54, 1.807) is 6.08 Å². The van der Waals surface area contributed by atoms with Gasteiger partial charge in [-0.1, -0.05) is 18.2 Å². The highest BCUT2D eigenvalue weighted by molar-refractivity contribution is 6.51. The Morgan fingerprint density at radius 1 is 1.25 bits per heavy atom. The molecular weight excluding hydrogens is 202 g/mol. The first-order valence-electron chi connectivity index (χ1n) is 5.50. The van der Waals surface area contributed by atoms with Crippen molar-refractivity contribution >= 4 is 17.3 Å². The summed E-state index contributed by atoms with van der Waals surface area (Å²) in [5.41, 5.74) is 2.37. The highest BCUT2D eigenvalue weighted by atomic mass is 16.1. The number of fused-ring (bicyclic) bond motifs is 2. The van der Waals surface area contributed by atoms with Crippen LogP contribution in [0.15, 0.2) is 40.4 Å². The fourth-order valence-corrected chi connectivity index (χ4v) is 2.38. The third kappa shape index (κ3) is 1.32. The first kappa shape index (κ1) is 9.46. The van der Waals surface area contributed by atoms with Gasteiger partial charge in [0.1, 0.15) is 11.8 Å². The fourth-order valence-electron chi connectivity index (χ4n) is 2.38. The Labute approximate surface area is 93.3 Å². The smallest absolute Gasteiger partial charge is 0.204 e. The van der Waals surface area contributed by atoms with Crippen LogP contribution in [0.2, 0.25) is 0 Å². The van der Waals surface area contributed by atoms with E-state index in [-0.39, 0.29) is 17.6 Å². The Kier molecular flexibility index (Phi) is 1.99. The maximum atomic E-state index is 11.7. The summed E-state index contributed by atoms with van der Waals surface area (Å²) in [7, 11) is 0. The molecule has 3 rings (SSSR count). The van der Waals surface area contributed by atoms with Crippen molar-refractivity contribution in [2.24, 2.45) is 4.99 Å². The van der Waals surface area contributed by atoms with Crippen LogP contribution in [0.5, 0.6) is 0 Å². The van der Waals surface area contributed by atoms with Crippen molar-refractivity contribution in [3.8, 4) is 0 Å². The fraction of sp³-hybridized carbons (Fsp3) is 0.308. The zero-order chi connectivity index (χ0) is 11.1. The second-order valence-electron chi connectivity index (χ2n) is 4.26. The average Bonchev–Trinajstić information content (AvgIpc) is 2.28.